The average Bonchev–Trinajstić information content (AvgIpc) is 2.31. The van der Waals surface area contributed by atoms with Crippen molar-refractivity contribution in [2.75, 3.05) is 6.61 Å². The van der Waals surface area contributed by atoms with Crippen LogP contribution in [0, 0.1) is 11.3 Å². The molecule has 0 amide bonds. The number of pyridine rings is 1. The van der Waals surface area contributed by atoms with Crippen LogP contribution in [0.1, 0.15) is 31.4 Å². The summed E-state index contributed by atoms with van der Waals surface area (Å²) in [7, 11) is 0. The summed E-state index contributed by atoms with van der Waals surface area (Å²) in [4.78, 5) is 15.8. The first-order valence-electron chi connectivity index (χ1n) is 5.24. The maximum absolute atomic E-state index is 11.7. The number of nitrogens with zero attached hydrogens (tertiary/aromatic N) is 2. The molecule has 1 aromatic rings. The van der Waals surface area contributed by atoms with Crippen molar-refractivity contribution < 1.29 is 9.53 Å². The fraction of sp³-hybridized carbons (Fsp3) is 0.417. The van der Waals surface area contributed by atoms with Crippen molar-refractivity contribution in [3.8, 4) is 6.07 Å². The monoisotopic (exact) mass is 218 g/mol. The van der Waals surface area contributed by atoms with E-state index in [-0.39, 0.29) is 5.97 Å². The Morgan fingerprint density at radius 1 is 1.62 bits per heavy atom. The Labute approximate surface area is 94.9 Å². The Balaban J connectivity index is 2.79. The Bertz CT molecular complexity index is 370. The van der Waals surface area contributed by atoms with Gasteiger partial charge in [-0.2, -0.15) is 5.26 Å². The Morgan fingerprint density at radius 2 is 2.44 bits per heavy atom. The van der Waals surface area contributed by atoms with Crippen molar-refractivity contribution in [3.63, 3.8) is 0 Å². The van der Waals surface area contributed by atoms with Gasteiger partial charge in [0.15, 0.2) is 0 Å². The molecule has 4 nitrogen and oxygen atoms in total. The lowest BCUT2D eigenvalue weighted by molar-refractivity contribution is -0.145. The molecule has 0 spiro atoms. The second-order valence-electron chi connectivity index (χ2n) is 3.26. The highest BCUT2D eigenvalue weighted by Crippen LogP contribution is 2.20. The molecule has 0 unspecified atom stereocenters. The van der Waals surface area contributed by atoms with E-state index in [1.165, 1.54) is 0 Å². The van der Waals surface area contributed by atoms with Gasteiger partial charge in [0.05, 0.1) is 24.3 Å². The molecule has 0 fully saturated rings. The van der Waals surface area contributed by atoms with Crippen molar-refractivity contribution in [2.24, 2.45) is 0 Å². The lowest BCUT2D eigenvalue weighted by Crippen LogP contribution is -2.17. The molecule has 0 aromatic carbocycles. The van der Waals surface area contributed by atoms with Crippen molar-refractivity contribution in [1.29, 1.82) is 5.26 Å². The van der Waals surface area contributed by atoms with Gasteiger partial charge in [-0.05, 0) is 25.5 Å². The molecular formula is C12H14N2O2. The van der Waals surface area contributed by atoms with E-state index in [0.29, 0.717) is 25.1 Å². The molecule has 1 rings (SSSR count). The number of rotatable bonds is 5. The maximum atomic E-state index is 11.7. The van der Waals surface area contributed by atoms with Crippen LogP contribution in [0.5, 0.6) is 0 Å². The molecule has 4 heteroatoms. The highest BCUT2D eigenvalue weighted by molar-refractivity contribution is 5.77. The van der Waals surface area contributed by atoms with Crippen LogP contribution in [0.15, 0.2) is 24.4 Å². The zero-order valence-corrected chi connectivity index (χ0v) is 9.22. The number of carbonyl (C=O) groups excluding carboxylic acids is 1. The molecule has 84 valence electrons. The first-order valence-corrected chi connectivity index (χ1v) is 5.24. The summed E-state index contributed by atoms with van der Waals surface area (Å²) in [6.07, 6.45) is 2.40. The van der Waals surface area contributed by atoms with E-state index in [1.54, 1.807) is 25.3 Å². The lowest BCUT2D eigenvalue weighted by Gasteiger charge is -2.13. The van der Waals surface area contributed by atoms with Crippen molar-refractivity contribution in [2.45, 2.75) is 25.7 Å². The predicted molar refractivity (Wildman–Crippen MR) is 58.5 cm³/mol. The zero-order chi connectivity index (χ0) is 11.8. The van der Waals surface area contributed by atoms with Crippen molar-refractivity contribution >= 4 is 5.97 Å². The number of hydrogen-bond acceptors (Lipinski definition) is 4. The molecule has 1 aromatic heterocycles. The van der Waals surface area contributed by atoms with Gasteiger partial charge >= 0.3 is 5.97 Å². The van der Waals surface area contributed by atoms with E-state index in [1.807, 2.05) is 12.1 Å². The van der Waals surface area contributed by atoms with Crippen LogP contribution in [-0.2, 0) is 9.53 Å². The number of hydrogen-bond donors (Lipinski definition) is 0. The Hall–Kier alpha value is -1.89. The topological polar surface area (TPSA) is 63.0 Å². The van der Waals surface area contributed by atoms with Gasteiger partial charge in [-0.1, -0.05) is 6.07 Å². The quantitative estimate of drug-likeness (QED) is 0.709. The molecule has 0 saturated heterocycles. The van der Waals surface area contributed by atoms with E-state index in [4.69, 9.17) is 10.00 Å². The minimum Gasteiger partial charge on any atom is -0.465 e. The van der Waals surface area contributed by atoms with Gasteiger partial charge in [0.2, 0.25) is 0 Å². The van der Waals surface area contributed by atoms with Gasteiger partial charge in [-0.25, -0.2) is 0 Å². The summed E-state index contributed by atoms with van der Waals surface area (Å²) in [5.74, 6) is -0.739. The number of esters is 1. The molecule has 0 aliphatic rings. The normalized spacial score (nSPS) is 11.5. The maximum Gasteiger partial charge on any atom is 0.315 e. The molecule has 1 heterocycles. The second-order valence-corrected chi connectivity index (χ2v) is 3.26. The van der Waals surface area contributed by atoms with E-state index < -0.39 is 5.92 Å². The molecule has 0 bridgehead atoms. The molecule has 0 saturated carbocycles. The minimum atomic E-state index is -0.430. The van der Waals surface area contributed by atoms with Gasteiger partial charge in [-0.3, -0.25) is 9.78 Å². The van der Waals surface area contributed by atoms with Crippen LogP contribution < -0.4 is 0 Å². The number of ether oxygens (including phenoxy) is 1. The van der Waals surface area contributed by atoms with E-state index >= 15 is 0 Å². The van der Waals surface area contributed by atoms with Gasteiger partial charge in [0, 0.05) is 12.6 Å². The average molecular weight is 218 g/mol. The third kappa shape index (κ3) is 3.35. The highest BCUT2D eigenvalue weighted by atomic mass is 16.5. The van der Waals surface area contributed by atoms with E-state index in [0.717, 1.165) is 0 Å². The smallest absolute Gasteiger partial charge is 0.315 e. The van der Waals surface area contributed by atoms with Gasteiger partial charge in [-0.15, -0.1) is 0 Å². The van der Waals surface area contributed by atoms with Gasteiger partial charge in [0.1, 0.15) is 0 Å². The summed E-state index contributed by atoms with van der Waals surface area (Å²) in [6.45, 7) is 2.10. The van der Waals surface area contributed by atoms with Crippen LogP contribution in [0.25, 0.3) is 0 Å². The Kier molecular flexibility index (Phi) is 5.00. The summed E-state index contributed by atoms with van der Waals surface area (Å²) in [5, 5.41) is 8.55. The number of aromatic nitrogens is 1. The van der Waals surface area contributed by atoms with E-state index in [9.17, 15) is 4.79 Å². The fourth-order valence-corrected chi connectivity index (χ4v) is 1.42. The first kappa shape index (κ1) is 12.2. The third-order valence-electron chi connectivity index (χ3n) is 2.16. The third-order valence-corrected chi connectivity index (χ3v) is 2.16. The highest BCUT2D eigenvalue weighted by Gasteiger charge is 2.22. The molecule has 0 aliphatic heterocycles. The van der Waals surface area contributed by atoms with Crippen LogP contribution >= 0.6 is 0 Å². The van der Waals surface area contributed by atoms with Gasteiger partial charge < -0.3 is 4.74 Å². The SMILES string of the molecule is CCOC(=O)[C@@H](CCC#N)c1ccccn1. The predicted octanol–water partition coefficient (Wildman–Crippen LogP) is 2.03. The first-order chi connectivity index (χ1) is 7.79. The van der Waals surface area contributed by atoms with Crippen LogP contribution in [-0.4, -0.2) is 17.6 Å². The fourth-order valence-electron chi connectivity index (χ4n) is 1.42. The zero-order valence-electron chi connectivity index (χ0n) is 9.22. The molecule has 0 radical (unpaired) electrons. The van der Waals surface area contributed by atoms with Gasteiger partial charge in [0.25, 0.3) is 0 Å². The van der Waals surface area contributed by atoms with Crippen molar-refractivity contribution in [3.05, 3.63) is 30.1 Å². The second kappa shape index (κ2) is 6.57. The standard InChI is InChI=1S/C12H14N2O2/c1-2-16-12(15)10(6-5-8-13)11-7-3-4-9-14-11/h3-4,7,9-10H,2,5-6H2,1H3/t10-/m0/s1. The van der Waals surface area contributed by atoms with Crippen LogP contribution in [0.4, 0.5) is 0 Å². The minimum absolute atomic E-state index is 0.309. The summed E-state index contributed by atoms with van der Waals surface area (Å²) in [6, 6.07) is 7.41. The summed E-state index contributed by atoms with van der Waals surface area (Å²) in [5.41, 5.74) is 0.663. The van der Waals surface area contributed by atoms with Crippen LogP contribution in [0.3, 0.4) is 0 Å². The molecule has 0 N–H and O–H groups in total. The number of nitriles is 1. The lowest BCUT2D eigenvalue weighted by atomic mass is 9.99. The summed E-state index contributed by atoms with van der Waals surface area (Å²) < 4.78 is 4.97. The Morgan fingerprint density at radius 3 is 3.00 bits per heavy atom. The largest absolute Gasteiger partial charge is 0.465 e. The summed E-state index contributed by atoms with van der Waals surface area (Å²) >= 11 is 0. The molecule has 0 aliphatic carbocycles. The molecule has 16 heavy (non-hydrogen) atoms. The molecule has 1 atom stereocenters. The van der Waals surface area contributed by atoms with Crippen LogP contribution in [0.2, 0.25) is 0 Å². The van der Waals surface area contributed by atoms with Crippen molar-refractivity contribution in [1.82, 2.24) is 4.98 Å². The van der Waals surface area contributed by atoms with E-state index in [2.05, 4.69) is 4.98 Å². The molecular weight excluding hydrogens is 204 g/mol. The number of carbonyl (C=O) groups is 1.